The molecule has 1 unspecified atom stereocenters. The summed E-state index contributed by atoms with van der Waals surface area (Å²) in [4.78, 5) is 2.46. The summed E-state index contributed by atoms with van der Waals surface area (Å²) in [5, 5.41) is 0. The molecule has 0 bridgehead atoms. The zero-order valence-corrected chi connectivity index (χ0v) is 10.8. The number of rotatable bonds is 2. The Kier molecular flexibility index (Phi) is 3.49. The molecule has 0 saturated carbocycles. The number of morpholine rings is 1. The number of aromatic nitrogens is 1. The average Bonchev–Trinajstić information content (AvgIpc) is 2.59. The van der Waals surface area contributed by atoms with E-state index >= 15 is 0 Å². The fraction of sp³-hybridized carbons (Fsp3) is 0.636. The van der Waals surface area contributed by atoms with Crippen LogP contribution < -0.4 is 0 Å². The fourth-order valence-electron chi connectivity index (χ4n) is 1.97. The predicted octanol–water partition coefficient (Wildman–Crippen LogP) is 2.18. The van der Waals surface area contributed by atoms with Gasteiger partial charge in [0.15, 0.2) is 0 Å². The highest BCUT2D eigenvalue weighted by atomic mass is 79.9. The van der Waals surface area contributed by atoms with Crippen molar-refractivity contribution in [1.29, 1.82) is 0 Å². The molecule has 0 spiro atoms. The lowest BCUT2D eigenvalue weighted by molar-refractivity contribution is 0.0198. The predicted molar refractivity (Wildman–Crippen MR) is 63.9 cm³/mol. The Morgan fingerprint density at radius 3 is 2.60 bits per heavy atom. The maximum atomic E-state index is 5.36. The molecule has 0 aromatic carbocycles. The van der Waals surface area contributed by atoms with Crippen LogP contribution in [-0.4, -0.2) is 35.8 Å². The van der Waals surface area contributed by atoms with E-state index in [1.807, 2.05) is 0 Å². The van der Waals surface area contributed by atoms with Crippen LogP contribution in [0.5, 0.6) is 0 Å². The monoisotopic (exact) mass is 272 g/mol. The molecule has 3 nitrogen and oxygen atoms in total. The molecule has 0 N–H and O–H groups in total. The Balaban J connectivity index is 2.08. The van der Waals surface area contributed by atoms with Gasteiger partial charge in [0.2, 0.25) is 0 Å². The van der Waals surface area contributed by atoms with Gasteiger partial charge in [0, 0.05) is 32.4 Å². The van der Waals surface area contributed by atoms with Crippen LogP contribution in [0.25, 0.3) is 0 Å². The van der Waals surface area contributed by atoms with Gasteiger partial charge in [0.25, 0.3) is 0 Å². The third kappa shape index (κ3) is 2.44. The summed E-state index contributed by atoms with van der Waals surface area (Å²) in [5.41, 5.74) is 1.37. The molecule has 1 atom stereocenters. The number of aryl methyl sites for hydroxylation is 1. The van der Waals surface area contributed by atoms with Crippen molar-refractivity contribution in [3.05, 3.63) is 22.4 Å². The molecule has 0 amide bonds. The van der Waals surface area contributed by atoms with Crippen molar-refractivity contribution in [2.45, 2.75) is 13.0 Å². The lowest BCUT2D eigenvalue weighted by atomic mass is 10.1. The number of halogens is 1. The summed E-state index contributed by atoms with van der Waals surface area (Å²) in [6.07, 6.45) is 2.18. The first-order chi connectivity index (χ1) is 7.18. The molecule has 1 aliphatic rings. The largest absolute Gasteiger partial charge is 0.379 e. The summed E-state index contributed by atoms with van der Waals surface area (Å²) >= 11 is 3.53. The molecular weight excluding hydrogens is 256 g/mol. The van der Waals surface area contributed by atoms with Gasteiger partial charge in [0.05, 0.1) is 17.8 Å². The fourth-order valence-corrected chi connectivity index (χ4v) is 2.33. The van der Waals surface area contributed by atoms with Crippen LogP contribution in [0.15, 0.2) is 16.9 Å². The van der Waals surface area contributed by atoms with Gasteiger partial charge < -0.3 is 9.30 Å². The third-order valence-corrected chi connectivity index (χ3v) is 3.83. The Bertz CT molecular complexity index is 312. The van der Waals surface area contributed by atoms with Crippen LogP contribution in [0.4, 0.5) is 0 Å². The molecule has 0 aliphatic carbocycles. The highest BCUT2D eigenvalue weighted by Crippen LogP contribution is 2.24. The normalized spacial score (nSPS) is 20.5. The molecule has 2 rings (SSSR count). The zero-order valence-electron chi connectivity index (χ0n) is 9.24. The van der Waals surface area contributed by atoms with E-state index in [1.54, 1.807) is 0 Å². The maximum Gasteiger partial charge on any atom is 0.0847 e. The van der Waals surface area contributed by atoms with Gasteiger partial charge >= 0.3 is 0 Å². The van der Waals surface area contributed by atoms with E-state index in [0.29, 0.717) is 6.04 Å². The number of hydrogen-bond acceptors (Lipinski definition) is 2. The zero-order chi connectivity index (χ0) is 10.8. The highest BCUT2D eigenvalue weighted by molar-refractivity contribution is 9.10. The molecule has 1 fully saturated rings. The first-order valence-corrected chi connectivity index (χ1v) is 6.11. The molecule has 1 aromatic heterocycles. The first kappa shape index (κ1) is 11.2. The molecule has 1 aliphatic heterocycles. The number of ether oxygens (including phenoxy) is 1. The van der Waals surface area contributed by atoms with E-state index in [9.17, 15) is 0 Å². The van der Waals surface area contributed by atoms with Crippen molar-refractivity contribution < 1.29 is 4.74 Å². The minimum atomic E-state index is 0.478. The van der Waals surface area contributed by atoms with Gasteiger partial charge in [-0.1, -0.05) is 0 Å². The Hall–Kier alpha value is -0.320. The quantitative estimate of drug-likeness (QED) is 0.821. The molecule has 0 radical (unpaired) electrons. The van der Waals surface area contributed by atoms with Crippen LogP contribution in [0, 0.1) is 0 Å². The van der Waals surface area contributed by atoms with Crippen LogP contribution >= 0.6 is 15.9 Å². The minimum Gasteiger partial charge on any atom is -0.379 e. The lowest BCUT2D eigenvalue weighted by Gasteiger charge is -2.31. The SMILES string of the molecule is CC(c1cc(Br)n(C)c1)N1CCOCC1. The van der Waals surface area contributed by atoms with Gasteiger partial charge in [-0.25, -0.2) is 0 Å². The minimum absolute atomic E-state index is 0.478. The van der Waals surface area contributed by atoms with Gasteiger partial charge in [0.1, 0.15) is 0 Å². The van der Waals surface area contributed by atoms with E-state index in [2.05, 4.69) is 51.6 Å². The Labute approximate surface area is 99.1 Å². The van der Waals surface area contributed by atoms with Crippen molar-refractivity contribution in [2.75, 3.05) is 26.3 Å². The number of hydrogen-bond donors (Lipinski definition) is 0. The summed E-state index contributed by atoms with van der Waals surface area (Å²) < 4.78 is 8.60. The molecule has 1 aromatic rings. The summed E-state index contributed by atoms with van der Waals surface area (Å²) in [5.74, 6) is 0. The average molecular weight is 273 g/mol. The van der Waals surface area contributed by atoms with Crippen LogP contribution in [-0.2, 0) is 11.8 Å². The smallest absolute Gasteiger partial charge is 0.0847 e. The molecule has 84 valence electrons. The molecule has 4 heteroatoms. The summed E-state index contributed by atoms with van der Waals surface area (Å²) in [7, 11) is 2.06. The van der Waals surface area contributed by atoms with Crippen molar-refractivity contribution in [2.24, 2.45) is 7.05 Å². The van der Waals surface area contributed by atoms with Gasteiger partial charge in [-0.05, 0) is 34.5 Å². The topological polar surface area (TPSA) is 17.4 Å². The Morgan fingerprint density at radius 1 is 1.40 bits per heavy atom. The van der Waals surface area contributed by atoms with E-state index in [1.165, 1.54) is 5.56 Å². The maximum absolute atomic E-state index is 5.36. The third-order valence-electron chi connectivity index (χ3n) is 3.04. The second-order valence-corrected chi connectivity index (χ2v) is 4.84. The lowest BCUT2D eigenvalue weighted by Crippen LogP contribution is -2.37. The van der Waals surface area contributed by atoms with Crippen molar-refractivity contribution in [1.82, 2.24) is 9.47 Å². The van der Waals surface area contributed by atoms with Crippen LogP contribution in [0.3, 0.4) is 0 Å². The second kappa shape index (κ2) is 4.68. The molecule has 2 heterocycles. The van der Waals surface area contributed by atoms with Crippen LogP contribution in [0.1, 0.15) is 18.5 Å². The van der Waals surface area contributed by atoms with E-state index in [0.717, 1.165) is 30.9 Å². The van der Waals surface area contributed by atoms with Gasteiger partial charge in [-0.3, -0.25) is 4.90 Å². The van der Waals surface area contributed by atoms with Crippen molar-refractivity contribution in [3.8, 4) is 0 Å². The highest BCUT2D eigenvalue weighted by Gasteiger charge is 2.19. The molecular formula is C11H17BrN2O. The summed E-state index contributed by atoms with van der Waals surface area (Å²) in [6, 6.07) is 2.67. The molecule has 1 saturated heterocycles. The van der Waals surface area contributed by atoms with Gasteiger partial charge in [-0.2, -0.15) is 0 Å². The van der Waals surface area contributed by atoms with Crippen molar-refractivity contribution >= 4 is 15.9 Å². The van der Waals surface area contributed by atoms with Crippen molar-refractivity contribution in [3.63, 3.8) is 0 Å². The van der Waals surface area contributed by atoms with Gasteiger partial charge in [-0.15, -0.1) is 0 Å². The van der Waals surface area contributed by atoms with E-state index in [4.69, 9.17) is 4.74 Å². The van der Waals surface area contributed by atoms with E-state index in [-0.39, 0.29) is 0 Å². The second-order valence-electron chi connectivity index (χ2n) is 4.03. The summed E-state index contributed by atoms with van der Waals surface area (Å²) in [6.45, 7) is 6.05. The standard InChI is InChI=1S/C11H17BrN2O/c1-9(14-3-5-15-6-4-14)10-7-11(12)13(2)8-10/h7-9H,3-6H2,1-2H3. The molecule has 15 heavy (non-hydrogen) atoms. The van der Waals surface area contributed by atoms with Crippen LogP contribution in [0.2, 0.25) is 0 Å². The first-order valence-electron chi connectivity index (χ1n) is 5.32. The van der Waals surface area contributed by atoms with E-state index < -0.39 is 0 Å². The Morgan fingerprint density at radius 2 is 2.07 bits per heavy atom. The number of nitrogens with zero attached hydrogens (tertiary/aromatic N) is 2.